The smallest absolute Gasteiger partial charge is 0.227 e. The summed E-state index contributed by atoms with van der Waals surface area (Å²) in [6.07, 6.45) is 0.277. The lowest BCUT2D eigenvalue weighted by Gasteiger charge is -2.25. The Morgan fingerprint density at radius 2 is 1.95 bits per heavy atom. The second-order valence-corrected chi connectivity index (χ2v) is 7.56. The molecule has 0 aliphatic carbocycles. The number of hydrogen-bond donors (Lipinski definition) is 0. The molecule has 6 nitrogen and oxygen atoms in total. The van der Waals surface area contributed by atoms with Crippen LogP contribution < -0.4 is 14.4 Å². The van der Waals surface area contributed by atoms with Crippen LogP contribution in [0.25, 0.3) is 0 Å². The van der Waals surface area contributed by atoms with Gasteiger partial charge in [-0.25, -0.2) is 8.42 Å². The summed E-state index contributed by atoms with van der Waals surface area (Å²) in [5, 5.41) is 0. The minimum Gasteiger partial charge on any atom is -0.497 e. The van der Waals surface area contributed by atoms with Gasteiger partial charge in [0.2, 0.25) is 5.91 Å². The van der Waals surface area contributed by atoms with Crippen molar-refractivity contribution in [3.63, 3.8) is 0 Å². The molecule has 0 aromatic heterocycles. The number of rotatable bonds is 3. The van der Waals surface area contributed by atoms with Gasteiger partial charge in [-0.15, -0.1) is 0 Å². The van der Waals surface area contributed by atoms with E-state index in [1.54, 1.807) is 30.2 Å². The zero-order chi connectivity index (χ0) is 15.2. The van der Waals surface area contributed by atoms with E-state index in [0.717, 1.165) is 0 Å². The third kappa shape index (κ3) is 2.35. The molecule has 0 spiro atoms. The number of nitrogens with zero attached hydrogens (tertiary/aromatic N) is 1. The second kappa shape index (κ2) is 4.91. The van der Waals surface area contributed by atoms with E-state index in [0.29, 0.717) is 17.2 Å². The maximum absolute atomic E-state index is 12.3. The molecule has 1 aromatic carbocycles. The minimum absolute atomic E-state index is 0.0264. The Morgan fingerprint density at radius 1 is 1.19 bits per heavy atom. The maximum Gasteiger partial charge on any atom is 0.227 e. The third-order valence-corrected chi connectivity index (χ3v) is 5.91. The number of ether oxygens (including phenoxy) is 2. The molecule has 2 aliphatic rings. The van der Waals surface area contributed by atoms with Gasteiger partial charge in [0.05, 0.1) is 37.5 Å². The largest absolute Gasteiger partial charge is 0.497 e. The lowest BCUT2D eigenvalue weighted by Crippen LogP contribution is -2.36. The van der Waals surface area contributed by atoms with Crippen molar-refractivity contribution in [3.8, 4) is 11.5 Å². The van der Waals surface area contributed by atoms with Gasteiger partial charge in [-0.2, -0.15) is 0 Å². The lowest BCUT2D eigenvalue weighted by atomic mass is 10.0. The van der Waals surface area contributed by atoms with Crippen molar-refractivity contribution in [2.45, 2.75) is 12.5 Å². The van der Waals surface area contributed by atoms with Crippen molar-refractivity contribution in [1.82, 2.24) is 0 Å². The van der Waals surface area contributed by atoms with Crippen molar-refractivity contribution < 1.29 is 22.7 Å². The van der Waals surface area contributed by atoms with E-state index in [2.05, 4.69) is 0 Å². The Kier molecular flexibility index (Phi) is 3.32. The number of carbonyl (C=O) groups excluding carboxylic acids is 1. The van der Waals surface area contributed by atoms with E-state index in [1.807, 2.05) is 0 Å². The number of methoxy groups -OCH3 is 2. The molecule has 114 valence electrons. The fraction of sp³-hybridized carbons (Fsp3) is 0.500. The predicted molar refractivity (Wildman–Crippen MR) is 77.6 cm³/mol. The van der Waals surface area contributed by atoms with E-state index in [-0.39, 0.29) is 35.8 Å². The summed E-state index contributed by atoms with van der Waals surface area (Å²) in [6.45, 7) is 0. The van der Waals surface area contributed by atoms with Gasteiger partial charge in [0.15, 0.2) is 9.84 Å². The van der Waals surface area contributed by atoms with Crippen LogP contribution in [-0.4, -0.2) is 46.1 Å². The summed E-state index contributed by atoms with van der Waals surface area (Å²) >= 11 is 0. The zero-order valence-corrected chi connectivity index (χ0v) is 12.7. The molecule has 7 heteroatoms. The first-order valence-corrected chi connectivity index (χ1v) is 8.52. The van der Waals surface area contributed by atoms with Gasteiger partial charge in [-0.05, 0) is 12.1 Å². The van der Waals surface area contributed by atoms with Crippen molar-refractivity contribution in [3.05, 3.63) is 18.2 Å². The Balaban J connectivity index is 2.01. The van der Waals surface area contributed by atoms with Crippen molar-refractivity contribution in [2.75, 3.05) is 30.6 Å². The molecule has 0 radical (unpaired) electrons. The molecular formula is C14H17NO5S. The summed E-state index contributed by atoms with van der Waals surface area (Å²) < 4.78 is 34.1. The topological polar surface area (TPSA) is 72.9 Å². The molecule has 2 fully saturated rings. The second-order valence-electron chi connectivity index (χ2n) is 5.41. The molecule has 1 amide bonds. The van der Waals surface area contributed by atoms with E-state index >= 15 is 0 Å². The molecule has 1 aromatic rings. The van der Waals surface area contributed by atoms with Crippen molar-refractivity contribution in [2.24, 2.45) is 5.92 Å². The fourth-order valence-corrected chi connectivity index (χ4v) is 5.26. The maximum atomic E-state index is 12.3. The molecule has 2 saturated heterocycles. The van der Waals surface area contributed by atoms with Gasteiger partial charge in [-0.1, -0.05) is 0 Å². The number of benzene rings is 1. The molecule has 2 heterocycles. The Morgan fingerprint density at radius 3 is 2.62 bits per heavy atom. The minimum atomic E-state index is -3.06. The molecule has 0 saturated carbocycles. The number of amides is 1. The number of fused-ring (bicyclic) bond motifs is 1. The van der Waals surface area contributed by atoms with Crippen LogP contribution in [0.2, 0.25) is 0 Å². The molecule has 0 N–H and O–H groups in total. The van der Waals surface area contributed by atoms with Crippen LogP contribution in [-0.2, 0) is 14.6 Å². The molecular weight excluding hydrogens is 294 g/mol. The molecule has 2 aliphatic heterocycles. The quantitative estimate of drug-likeness (QED) is 0.827. The normalized spacial score (nSPS) is 26.8. The molecule has 2 atom stereocenters. The zero-order valence-electron chi connectivity index (χ0n) is 11.9. The van der Waals surface area contributed by atoms with E-state index in [1.165, 1.54) is 7.11 Å². The summed E-state index contributed by atoms with van der Waals surface area (Å²) in [4.78, 5) is 13.8. The van der Waals surface area contributed by atoms with E-state index < -0.39 is 9.84 Å². The highest BCUT2D eigenvalue weighted by molar-refractivity contribution is 7.91. The first kappa shape index (κ1) is 14.2. The van der Waals surface area contributed by atoms with E-state index in [4.69, 9.17) is 9.47 Å². The molecule has 21 heavy (non-hydrogen) atoms. The SMILES string of the molecule is COc1ccc(N2C(=O)CC3CS(=O)(=O)CC32)c(OC)c1. The Bertz CT molecular complexity index is 685. The Labute approximate surface area is 123 Å². The summed E-state index contributed by atoms with van der Waals surface area (Å²) in [5.41, 5.74) is 0.605. The standard InChI is InChI=1S/C14H17NO5S/c1-19-10-3-4-11(13(6-10)20-2)15-12-8-21(17,18)7-9(12)5-14(15)16/h3-4,6,9,12H,5,7-8H2,1-2H3. The van der Waals surface area contributed by atoms with Gasteiger partial charge < -0.3 is 14.4 Å². The highest BCUT2D eigenvalue weighted by atomic mass is 32.2. The monoisotopic (exact) mass is 311 g/mol. The van der Waals surface area contributed by atoms with Gasteiger partial charge in [-0.3, -0.25) is 4.79 Å². The highest BCUT2D eigenvalue weighted by Gasteiger charge is 2.49. The summed E-state index contributed by atoms with van der Waals surface area (Å²) in [5.74, 6) is 1.08. The van der Waals surface area contributed by atoms with Crippen LogP contribution in [0.15, 0.2) is 18.2 Å². The van der Waals surface area contributed by atoms with Crippen LogP contribution >= 0.6 is 0 Å². The van der Waals surface area contributed by atoms with Crippen LogP contribution in [0.4, 0.5) is 5.69 Å². The average Bonchev–Trinajstić information content (AvgIpc) is 2.88. The van der Waals surface area contributed by atoms with Crippen LogP contribution in [0.1, 0.15) is 6.42 Å². The van der Waals surface area contributed by atoms with Crippen molar-refractivity contribution >= 4 is 21.4 Å². The summed E-state index contributed by atoms with van der Waals surface area (Å²) in [7, 11) is 0.00455. The van der Waals surface area contributed by atoms with Crippen molar-refractivity contribution in [1.29, 1.82) is 0 Å². The van der Waals surface area contributed by atoms with Crippen LogP contribution in [0.5, 0.6) is 11.5 Å². The summed E-state index contributed by atoms with van der Waals surface area (Å²) in [6, 6.07) is 4.88. The molecule has 0 bridgehead atoms. The van der Waals surface area contributed by atoms with Crippen LogP contribution in [0.3, 0.4) is 0 Å². The molecule has 2 unspecified atom stereocenters. The van der Waals surface area contributed by atoms with Crippen LogP contribution in [0, 0.1) is 5.92 Å². The van der Waals surface area contributed by atoms with Gasteiger partial charge in [0, 0.05) is 18.4 Å². The van der Waals surface area contributed by atoms with Gasteiger partial charge in [0.25, 0.3) is 0 Å². The average molecular weight is 311 g/mol. The van der Waals surface area contributed by atoms with E-state index in [9.17, 15) is 13.2 Å². The fourth-order valence-electron chi connectivity index (χ4n) is 3.19. The first-order valence-electron chi connectivity index (χ1n) is 6.69. The highest BCUT2D eigenvalue weighted by Crippen LogP contribution is 2.41. The third-order valence-electron chi connectivity index (χ3n) is 4.12. The number of hydrogen-bond acceptors (Lipinski definition) is 5. The van der Waals surface area contributed by atoms with Gasteiger partial charge in [0.1, 0.15) is 11.5 Å². The number of anilines is 1. The number of sulfone groups is 1. The first-order chi connectivity index (χ1) is 9.95. The van der Waals surface area contributed by atoms with Gasteiger partial charge >= 0.3 is 0 Å². The predicted octanol–water partition coefficient (Wildman–Crippen LogP) is 0.854. The molecule has 3 rings (SSSR count). The Hall–Kier alpha value is -1.76. The lowest BCUT2D eigenvalue weighted by molar-refractivity contribution is -0.117. The number of carbonyl (C=O) groups is 1.